The van der Waals surface area contributed by atoms with Crippen molar-refractivity contribution in [2.75, 3.05) is 0 Å². The van der Waals surface area contributed by atoms with Gasteiger partial charge in [-0.3, -0.25) is 14.6 Å². The number of carbonyl (C=O) groups excluding carboxylic acids is 2. The number of ether oxygens (including phenoxy) is 2. The first kappa shape index (κ1) is 35.5. The van der Waals surface area contributed by atoms with Crippen molar-refractivity contribution >= 4 is 26.5 Å². The van der Waals surface area contributed by atoms with Crippen LogP contribution in [0.5, 0.6) is 0 Å². The minimum absolute atomic E-state index is 0.0785. The Morgan fingerprint density at radius 1 is 0.714 bits per heavy atom. The van der Waals surface area contributed by atoms with Gasteiger partial charge in [-0.15, -0.1) is 0 Å². The molecule has 0 amide bonds. The summed E-state index contributed by atoms with van der Waals surface area (Å²) in [7, 11) is 1.38. The Labute approximate surface area is 295 Å². The summed E-state index contributed by atoms with van der Waals surface area (Å²) in [5, 5.41) is -0.848. The third-order valence-corrected chi connectivity index (χ3v) is 13.0. The van der Waals surface area contributed by atoms with Gasteiger partial charge in [-0.2, -0.15) is 0 Å². The van der Waals surface area contributed by atoms with Gasteiger partial charge in [0.25, 0.3) is 0 Å². The number of esters is 2. The third kappa shape index (κ3) is 7.42. The predicted molar refractivity (Wildman–Crippen MR) is 200 cm³/mol. The highest BCUT2D eigenvalue weighted by Crippen LogP contribution is 2.58. The lowest BCUT2D eigenvalue weighted by molar-refractivity contribution is -0.189. The van der Waals surface area contributed by atoms with Gasteiger partial charge in [0.15, 0.2) is 5.60 Å². The molecule has 4 saturated carbocycles. The Morgan fingerprint density at radius 2 is 1.22 bits per heavy atom. The Hall–Kier alpha value is -3.34. The number of carbonyl (C=O) groups is 2. The molecule has 7 heteroatoms. The topological polar surface area (TPSA) is 65.5 Å². The Bertz CT molecular complexity index is 1520. The van der Waals surface area contributed by atoms with Crippen LogP contribution in [-0.2, 0) is 30.0 Å². The van der Waals surface area contributed by atoms with Gasteiger partial charge in [0.05, 0.1) is 5.41 Å². The highest BCUT2D eigenvalue weighted by molar-refractivity contribution is 6.52. The quantitative estimate of drug-likeness (QED) is 0.128. The molecule has 0 spiro atoms. The van der Waals surface area contributed by atoms with Crippen molar-refractivity contribution in [2.45, 2.75) is 121 Å². The molecule has 2 unspecified atom stereocenters. The molecular weight excluding hydrogens is 604 g/mol. The van der Waals surface area contributed by atoms with E-state index in [-0.39, 0.29) is 22.9 Å². The number of nitrogens with zero attached hydrogens (tertiary/aromatic N) is 1. The van der Waals surface area contributed by atoms with E-state index in [4.69, 9.17) is 9.47 Å². The molecule has 1 aromatic heterocycles. The van der Waals surface area contributed by atoms with Crippen molar-refractivity contribution in [3.8, 4) is 0 Å². The molecule has 0 saturated heterocycles. The van der Waals surface area contributed by atoms with Crippen molar-refractivity contribution in [3.63, 3.8) is 0 Å². The van der Waals surface area contributed by atoms with E-state index in [0.717, 1.165) is 44.1 Å². The predicted octanol–water partition coefficient (Wildman–Crippen LogP) is 8.64. The van der Waals surface area contributed by atoms with Crippen LogP contribution >= 0.6 is 0 Å². The standard InChI is InChI=1S/C42H55B2NO4/c1-7-39(4,33-18-20-45-21-19-33)44-29-40(5,37(47)49-42-25-30-22-31(26-42)24-32(23-30)27-42)43-28-38(2,3)36(46)48-41(6,34-14-10-8-11-15-34)35-16-12-9-13-17-35/h8-21,30-32,43-44H,7,22-29H2,1-6H3. The monoisotopic (exact) mass is 659 g/mol. The van der Waals surface area contributed by atoms with Gasteiger partial charge in [0.1, 0.15) is 20.2 Å². The van der Waals surface area contributed by atoms with Crippen molar-refractivity contribution in [2.24, 2.45) is 23.2 Å². The number of pyridine rings is 1. The van der Waals surface area contributed by atoms with Gasteiger partial charge in [0, 0.05) is 17.7 Å². The van der Waals surface area contributed by atoms with Gasteiger partial charge in [-0.05, 0) is 97.3 Å². The minimum Gasteiger partial charge on any atom is -0.459 e. The smallest absolute Gasteiger partial charge is 0.312 e. The van der Waals surface area contributed by atoms with Crippen molar-refractivity contribution in [1.82, 2.24) is 4.98 Å². The maximum absolute atomic E-state index is 14.6. The second kappa shape index (κ2) is 13.8. The maximum atomic E-state index is 14.6. The molecule has 5 nitrogen and oxygen atoms in total. The summed E-state index contributed by atoms with van der Waals surface area (Å²) in [6.07, 6.45) is 12.8. The number of hydrogen-bond acceptors (Lipinski definition) is 5. The molecule has 4 aliphatic carbocycles. The maximum Gasteiger partial charge on any atom is 0.312 e. The molecule has 4 fully saturated rings. The third-order valence-electron chi connectivity index (χ3n) is 13.0. The van der Waals surface area contributed by atoms with Crippen LogP contribution < -0.4 is 0 Å². The lowest BCUT2D eigenvalue weighted by Crippen LogP contribution is -2.54. The van der Waals surface area contributed by atoms with Crippen LogP contribution in [0.4, 0.5) is 0 Å². The Balaban J connectivity index is 1.23. The molecule has 2 atom stereocenters. The number of aromatic nitrogens is 1. The molecule has 49 heavy (non-hydrogen) atoms. The fraction of sp³-hybridized carbons (Fsp3) is 0.548. The molecule has 258 valence electrons. The van der Waals surface area contributed by atoms with E-state index in [1.54, 1.807) is 0 Å². The average Bonchev–Trinajstić information content (AvgIpc) is 3.10. The zero-order chi connectivity index (χ0) is 34.9. The summed E-state index contributed by atoms with van der Waals surface area (Å²) >= 11 is 0. The van der Waals surface area contributed by atoms with E-state index in [1.807, 2.05) is 93.8 Å². The number of rotatable bonds is 14. The van der Waals surface area contributed by atoms with Crippen molar-refractivity contribution < 1.29 is 19.1 Å². The summed E-state index contributed by atoms with van der Waals surface area (Å²) in [5.74, 6) is 1.73. The van der Waals surface area contributed by atoms with Crippen LogP contribution in [0, 0.1) is 23.2 Å². The fourth-order valence-electron chi connectivity index (χ4n) is 9.45. The first-order chi connectivity index (χ1) is 23.3. The normalized spacial score (nSPS) is 25.5. The van der Waals surface area contributed by atoms with E-state index >= 15 is 0 Å². The molecular formula is C42H55B2NO4. The zero-order valence-corrected chi connectivity index (χ0v) is 30.7. The van der Waals surface area contributed by atoms with Crippen LogP contribution in [0.1, 0.15) is 103 Å². The molecule has 3 aromatic rings. The largest absolute Gasteiger partial charge is 0.459 e. The lowest BCUT2D eigenvalue weighted by Gasteiger charge is -2.56. The molecule has 4 aliphatic rings. The SMILES string of the molecule is CCC(C)(BCC(C)(BCC(C)(C)C(=O)OC(C)(c1ccccc1)c1ccccc1)C(=O)OC12CC3CC(CC(C3)C1)C2)c1ccncc1. The van der Waals surface area contributed by atoms with E-state index in [9.17, 15) is 9.59 Å². The van der Waals surface area contributed by atoms with Crippen LogP contribution in [0.25, 0.3) is 0 Å². The van der Waals surface area contributed by atoms with Crippen LogP contribution in [-0.4, -0.2) is 37.1 Å². The molecule has 1 heterocycles. The molecule has 0 radical (unpaired) electrons. The zero-order valence-electron chi connectivity index (χ0n) is 30.7. The second-order valence-corrected chi connectivity index (χ2v) is 17.2. The number of benzene rings is 2. The summed E-state index contributed by atoms with van der Waals surface area (Å²) in [4.78, 5) is 33.1. The molecule has 7 rings (SSSR count). The van der Waals surface area contributed by atoms with E-state index in [1.165, 1.54) is 24.8 Å². The summed E-state index contributed by atoms with van der Waals surface area (Å²) in [5.41, 5.74) is 0.992. The Kier molecular flexibility index (Phi) is 9.96. The van der Waals surface area contributed by atoms with Gasteiger partial charge in [-0.25, -0.2) is 0 Å². The van der Waals surface area contributed by atoms with Crippen LogP contribution in [0.3, 0.4) is 0 Å². The first-order valence-corrected chi connectivity index (χ1v) is 18.8. The second-order valence-electron chi connectivity index (χ2n) is 17.2. The van der Waals surface area contributed by atoms with Gasteiger partial charge >= 0.3 is 11.9 Å². The van der Waals surface area contributed by atoms with Gasteiger partial charge in [-0.1, -0.05) is 114 Å². The Morgan fingerprint density at radius 3 is 1.71 bits per heavy atom. The highest BCUT2D eigenvalue weighted by Gasteiger charge is 2.55. The van der Waals surface area contributed by atoms with Gasteiger partial charge in [0.2, 0.25) is 0 Å². The summed E-state index contributed by atoms with van der Waals surface area (Å²) in [6, 6.07) is 24.1. The van der Waals surface area contributed by atoms with E-state index in [0.29, 0.717) is 37.7 Å². The highest BCUT2D eigenvalue weighted by atomic mass is 16.6. The molecule has 0 N–H and O–H groups in total. The fourth-order valence-corrected chi connectivity index (χ4v) is 9.45. The van der Waals surface area contributed by atoms with Crippen LogP contribution in [0.15, 0.2) is 85.2 Å². The van der Waals surface area contributed by atoms with E-state index in [2.05, 4.69) is 37.9 Å². The van der Waals surface area contributed by atoms with Crippen molar-refractivity contribution in [3.05, 3.63) is 102 Å². The van der Waals surface area contributed by atoms with E-state index < -0.39 is 16.3 Å². The minimum atomic E-state index is -0.953. The van der Waals surface area contributed by atoms with Gasteiger partial charge < -0.3 is 9.47 Å². The molecule has 0 aliphatic heterocycles. The summed E-state index contributed by atoms with van der Waals surface area (Å²) < 4.78 is 13.3. The summed E-state index contributed by atoms with van der Waals surface area (Å²) in [6.45, 7) is 12.5. The van der Waals surface area contributed by atoms with Crippen LogP contribution in [0.2, 0.25) is 18.0 Å². The molecule has 2 aromatic carbocycles. The average molecular weight is 660 g/mol. The number of hydrogen-bond donors (Lipinski definition) is 0. The van der Waals surface area contributed by atoms with Crippen molar-refractivity contribution in [1.29, 1.82) is 0 Å². The molecule has 4 bridgehead atoms. The first-order valence-electron chi connectivity index (χ1n) is 18.8. The lowest BCUT2D eigenvalue weighted by atomic mass is 9.36.